The highest BCUT2D eigenvalue weighted by atomic mass is 19.4. The van der Waals surface area contributed by atoms with Crippen molar-refractivity contribution in [1.29, 1.82) is 5.41 Å². The number of nitrogens with one attached hydrogen (secondary N) is 1. The minimum atomic E-state index is -4.60. The van der Waals surface area contributed by atoms with Gasteiger partial charge >= 0.3 is 6.18 Å². The van der Waals surface area contributed by atoms with Crippen molar-refractivity contribution in [3.8, 4) is 22.8 Å². The van der Waals surface area contributed by atoms with Crippen LogP contribution in [0.1, 0.15) is 36.6 Å². The van der Waals surface area contributed by atoms with Crippen molar-refractivity contribution in [3.05, 3.63) is 83.1 Å². The van der Waals surface area contributed by atoms with Gasteiger partial charge in [0.05, 0.1) is 12.7 Å². The lowest BCUT2D eigenvalue weighted by atomic mass is 9.97. The number of aryl methyl sites for hydroxylation is 2. The summed E-state index contributed by atoms with van der Waals surface area (Å²) in [4.78, 5) is 12.9. The van der Waals surface area contributed by atoms with Crippen LogP contribution in [0, 0.1) is 11.2 Å². The largest absolute Gasteiger partial charge is 0.434 e. The SMILES string of the molecule is CC(C)c1ccccc1-c1ncc2c(n1)n(Cc1ccc(-c3nc(C(F)(F)F)cn3C)cc1F)c(=N)n2C. The van der Waals surface area contributed by atoms with E-state index < -0.39 is 17.7 Å². The Kier molecular flexibility index (Phi) is 6.16. The molecule has 0 unspecified atom stereocenters. The van der Waals surface area contributed by atoms with Gasteiger partial charge < -0.3 is 9.13 Å². The molecule has 196 valence electrons. The number of fused-ring (bicyclic) bond motifs is 1. The van der Waals surface area contributed by atoms with Crippen LogP contribution in [0.2, 0.25) is 0 Å². The summed E-state index contributed by atoms with van der Waals surface area (Å²) >= 11 is 0. The van der Waals surface area contributed by atoms with Gasteiger partial charge in [0.25, 0.3) is 0 Å². The highest BCUT2D eigenvalue weighted by molar-refractivity contribution is 5.74. The van der Waals surface area contributed by atoms with E-state index in [-0.39, 0.29) is 35.0 Å². The Labute approximate surface area is 215 Å². The number of hydrogen-bond acceptors (Lipinski definition) is 4. The predicted octanol–water partition coefficient (Wildman–Crippen LogP) is 5.65. The molecule has 0 saturated heterocycles. The fraction of sp³-hybridized carbons (Fsp3) is 0.259. The van der Waals surface area contributed by atoms with Crippen LogP contribution in [0.3, 0.4) is 0 Å². The highest BCUT2D eigenvalue weighted by Gasteiger charge is 2.34. The summed E-state index contributed by atoms with van der Waals surface area (Å²) in [6.07, 6.45) is -2.07. The lowest BCUT2D eigenvalue weighted by molar-refractivity contribution is -0.140. The molecule has 38 heavy (non-hydrogen) atoms. The Bertz CT molecular complexity index is 1720. The maximum Gasteiger partial charge on any atom is 0.434 e. The van der Waals surface area contributed by atoms with E-state index in [1.807, 2.05) is 24.3 Å². The molecule has 0 aliphatic rings. The number of aromatic nitrogens is 6. The Morgan fingerprint density at radius 3 is 2.42 bits per heavy atom. The molecule has 0 atom stereocenters. The predicted molar refractivity (Wildman–Crippen MR) is 135 cm³/mol. The second-order valence-electron chi connectivity index (χ2n) is 9.48. The first-order valence-electron chi connectivity index (χ1n) is 11.9. The number of alkyl halides is 3. The quantitative estimate of drug-likeness (QED) is 0.303. The van der Waals surface area contributed by atoms with Crippen LogP contribution in [0.4, 0.5) is 17.6 Å². The summed E-state index contributed by atoms with van der Waals surface area (Å²) in [5.41, 5.74) is 2.60. The van der Waals surface area contributed by atoms with Crippen LogP contribution in [0.25, 0.3) is 33.9 Å². The highest BCUT2D eigenvalue weighted by Crippen LogP contribution is 2.31. The molecule has 11 heteroatoms. The summed E-state index contributed by atoms with van der Waals surface area (Å²) in [5.74, 6) is 0.135. The molecule has 0 fully saturated rings. The van der Waals surface area contributed by atoms with Crippen LogP contribution in [0.5, 0.6) is 0 Å². The molecule has 3 aromatic heterocycles. The summed E-state index contributed by atoms with van der Waals surface area (Å²) in [6.45, 7) is 4.17. The molecule has 3 heterocycles. The van der Waals surface area contributed by atoms with E-state index in [2.05, 4.69) is 23.8 Å². The Morgan fingerprint density at radius 2 is 1.76 bits per heavy atom. The molecule has 0 radical (unpaired) electrons. The zero-order valence-corrected chi connectivity index (χ0v) is 21.2. The first-order chi connectivity index (χ1) is 18.0. The number of imidazole rings is 2. The maximum absolute atomic E-state index is 15.2. The van der Waals surface area contributed by atoms with E-state index in [1.165, 1.54) is 23.7 Å². The van der Waals surface area contributed by atoms with E-state index in [4.69, 9.17) is 10.4 Å². The van der Waals surface area contributed by atoms with E-state index in [9.17, 15) is 13.2 Å². The molecule has 5 aromatic rings. The molecule has 0 aliphatic carbocycles. The van der Waals surface area contributed by atoms with Gasteiger partial charge in [0.1, 0.15) is 17.2 Å². The van der Waals surface area contributed by atoms with Crippen molar-refractivity contribution >= 4 is 11.2 Å². The minimum absolute atomic E-state index is 0.00106. The molecule has 1 N–H and O–H groups in total. The van der Waals surface area contributed by atoms with Gasteiger partial charge in [-0.3, -0.25) is 9.98 Å². The number of hydrogen-bond donors (Lipinski definition) is 1. The third-order valence-electron chi connectivity index (χ3n) is 6.57. The lowest BCUT2D eigenvalue weighted by Crippen LogP contribution is -2.23. The maximum atomic E-state index is 15.2. The van der Waals surface area contributed by atoms with Gasteiger partial charge in [0, 0.05) is 37.0 Å². The lowest BCUT2D eigenvalue weighted by Gasteiger charge is -2.12. The normalized spacial score (nSPS) is 12.1. The Morgan fingerprint density at radius 1 is 1.03 bits per heavy atom. The average molecular weight is 524 g/mol. The second kappa shape index (κ2) is 9.23. The van der Waals surface area contributed by atoms with E-state index in [1.54, 1.807) is 22.4 Å². The van der Waals surface area contributed by atoms with Gasteiger partial charge in [-0.05, 0) is 17.5 Å². The van der Waals surface area contributed by atoms with E-state index >= 15 is 4.39 Å². The van der Waals surface area contributed by atoms with Crippen LogP contribution < -0.4 is 5.62 Å². The van der Waals surface area contributed by atoms with E-state index in [0.717, 1.165) is 23.4 Å². The van der Waals surface area contributed by atoms with Gasteiger partial charge in [-0.25, -0.2) is 19.3 Å². The van der Waals surface area contributed by atoms with Crippen molar-refractivity contribution in [3.63, 3.8) is 0 Å². The van der Waals surface area contributed by atoms with Crippen molar-refractivity contribution in [1.82, 2.24) is 28.7 Å². The summed E-state index contributed by atoms with van der Waals surface area (Å²) in [7, 11) is 3.14. The number of rotatable bonds is 5. The Balaban J connectivity index is 1.55. The molecule has 7 nitrogen and oxygen atoms in total. The van der Waals surface area contributed by atoms with Crippen LogP contribution in [-0.2, 0) is 26.8 Å². The molecule has 0 aliphatic heterocycles. The molecule has 5 rings (SSSR count). The number of halogens is 4. The standard InChI is InChI=1S/C27H25F4N7/c1-15(2)18-7-5-6-8-19(18)23-33-12-21-25(35-23)38(26(32)37(21)4)13-17-10-9-16(11-20(17)28)24-34-22(14-36(24)3)27(29,30)31/h5-12,14-15,32H,13H2,1-4H3. The number of nitrogens with zero attached hydrogens (tertiary/aromatic N) is 6. The van der Waals surface area contributed by atoms with Crippen molar-refractivity contribution < 1.29 is 17.6 Å². The van der Waals surface area contributed by atoms with Gasteiger partial charge in [-0.1, -0.05) is 50.2 Å². The third kappa shape index (κ3) is 4.37. The fourth-order valence-electron chi connectivity index (χ4n) is 4.54. The van der Waals surface area contributed by atoms with Crippen LogP contribution >= 0.6 is 0 Å². The average Bonchev–Trinajstić information content (AvgIpc) is 3.38. The molecule has 0 saturated carbocycles. The van der Waals surface area contributed by atoms with Gasteiger partial charge in [-0.15, -0.1) is 0 Å². The van der Waals surface area contributed by atoms with Gasteiger partial charge in [0.2, 0.25) is 5.62 Å². The molecule has 2 aromatic carbocycles. The van der Waals surface area contributed by atoms with Crippen molar-refractivity contribution in [2.75, 3.05) is 0 Å². The smallest absolute Gasteiger partial charge is 0.333 e. The zero-order chi connectivity index (χ0) is 27.4. The molecule has 0 spiro atoms. The summed E-state index contributed by atoms with van der Waals surface area (Å²) < 4.78 is 58.9. The van der Waals surface area contributed by atoms with Crippen molar-refractivity contribution in [2.45, 2.75) is 32.5 Å². The summed E-state index contributed by atoms with van der Waals surface area (Å²) in [6, 6.07) is 12.0. The van der Waals surface area contributed by atoms with Crippen molar-refractivity contribution in [2.24, 2.45) is 14.1 Å². The monoisotopic (exact) mass is 523 g/mol. The molecule has 0 amide bonds. The molecular formula is C27H25F4N7. The van der Waals surface area contributed by atoms with Crippen LogP contribution in [-0.4, -0.2) is 28.7 Å². The molecular weight excluding hydrogens is 498 g/mol. The Hall–Kier alpha value is -4.28. The van der Waals surface area contributed by atoms with Gasteiger partial charge in [-0.2, -0.15) is 13.2 Å². The first-order valence-corrected chi connectivity index (χ1v) is 11.9. The van der Waals surface area contributed by atoms with E-state index in [0.29, 0.717) is 17.0 Å². The zero-order valence-electron chi connectivity index (χ0n) is 21.2. The summed E-state index contributed by atoms with van der Waals surface area (Å²) in [5, 5.41) is 8.61. The minimum Gasteiger partial charge on any atom is -0.333 e. The molecule has 0 bridgehead atoms. The second-order valence-corrected chi connectivity index (χ2v) is 9.48. The number of benzene rings is 2. The first kappa shape index (κ1) is 25.4. The topological polar surface area (TPSA) is 77.3 Å². The van der Waals surface area contributed by atoms with Gasteiger partial charge in [0.15, 0.2) is 17.2 Å². The fourth-order valence-corrected chi connectivity index (χ4v) is 4.54. The third-order valence-corrected chi connectivity index (χ3v) is 6.57. The van der Waals surface area contributed by atoms with Crippen LogP contribution in [0.15, 0.2) is 54.9 Å².